The number of halogens is 1. The van der Waals surface area contributed by atoms with Gasteiger partial charge < -0.3 is 9.64 Å². The molecule has 0 aliphatic carbocycles. The summed E-state index contributed by atoms with van der Waals surface area (Å²) in [5.74, 6) is -0.597. The van der Waals surface area contributed by atoms with E-state index in [1.165, 1.54) is 19.2 Å². The quantitative estimate of drug-likeness (QED) is 0.755. The molecule has 1 aromatic carbocycles. The molecule has 3 nitrogen and oxygen atoms in total. The average Bonchev–Trinajstić information content (AvgIpc) is 2.31. The van der Waals surface area contributed by atoms with Crippen LogP contribution in [0.4, 0.5) is 4.39 Å². The summed E-state index contributed by atoms with van der Waals surface area (Å²) in [4.78, 5) is 13.3. The van der Waals surface area contributed by atoms with E-state index in [0.717, 1.165) is 11.1 Å². The molecule has 0 amide bonds. The van der Waals surface area contributed by atoms with Crippen LogP contribution in [0.15, 0.2) is 18.2 Å². The van der Waals surface area contributed by atoms with Crippen molar-refractivity contribution < 1.29 is 13.9 Å². The molecule has 0 aliphatic rings. The first-order valence-electron chi connectivity index (χ1n) is 5.95. The molecule has 1 atom stereocenters. The summed E-state index contributed by atoms with van der Waals surface area (Å²) in [6.45, 7) is 5.02. The predicted octanol–water partition coefficient (Wildman–Crippen LogP) is 2.38. The number of carbonyl (C=O) groups excluding carboxylic acids is 1. The van der Waals surface area contributed by atoms with E-state index in [2.05, 4.69) is 4.74 Å². The predicted molar refractivity (Wildman–Crippen MR) is 68.7 cm³/mol. The minimum Gasteiger partial charge on any atom is -0.469 e. The van der Waals surface area contributed by atoms with Crippen LogP contribution in [0.25, 0.3) is 0 Å². The van der Waals surface area contributed by atoms with Gasteiger partial charge in [-0.1, -0.05) is 13.0 Å². The van der Waals surface area contributed by atoms with Crippen LogP contribution < -0.4 is 0 Å². The van der Waals surface area contributed by atoms with Gasteiger partial charge in [-0.2, -0.15) is 0 Å². The minimum atomic E-state index is -0.221. The van der Waals surface area contributed by atoms with Gasteiger partial charge in [-0.3, -0.25) is 4.79 Å². The van der Waals surface area contributed by atoms with Crippen LogP contribution >= 0.6 is 0 Å². The molecule has 1 aromatic rings. The van der Waals surface area contributed by atoms with Gasteiger partial charge in [0.1, 0.15) is 5.82 Å². The number of nitrogens with zero attached hydrogens (tertiary/aromatic N) is 1. The third-order valence-corrected chi connectivity index (χ3v) is 2.93. The van der Waals surface area contributed by atoms with E-state index >= 15 is 0 Å². The number of aryl methyl sites for hydroxylation is 1. The molecule has 0 spiro atoms. The highest BCUT2D eigenvalue weighted by Gasteiger charge is 2.15. The summed E-state index contributed by atoms with van der Waals surface area (Å²) in [6.07, 6.45) is 0. The molecule has 0 saturated carbocycles. The molecule has 0 aromatic heterocycles. The Morgan fingerprint density at radius 3 is 2.72 bits per heavy atom. The molecule has 0 heterocycles. The SMILES string of the molecule is COC(=O)C(C)CN(C)Cc1ccc(F)cc1C. The molecule has 0 radical (unpaired) electrons. The fraction of sp³-hybridized carbons (Fsp3) is 0.500. The highest BCUT2D eigenvalue weighted by molar-refractivity contribution is 5.72. The first-order chi connectivity index (χ1) is 8.43. The standard InChI is InChI=1S/C14H20FNO2/c1-10-7-13(15)6-5-12(10)9-16(3)8-11(2)14(17)18-4/h5-7,11H,8-9H2,1-4H3. The fourth-order valence-electron chi connectivity index (χ4n) is 1.94. The van der Waals surface area contributed by atoms with Gasteiger partial charge in [0.2, 0.25) is 0 Å². The lowest BCUT2D eigenvalue weighted by Gasteiger charge is -2.20. The Morgan fingerprint density at radius 1 is 1.50 bits per heavy atom. The second kappa shape index (κ2) is 6.50. The zero-order valence-corrected chi connectivity index (χ0v) is 11.4. The van der Waals surface area contributed by atoms with E-state index in [1.54, 1.807) is 6.07 Å². The lowest BCUT2D eigenvalue weighted by atomic mass is 10.1. The second-order valence-corrected chi connectivity index (χ2v) is 4.69. The first kappa shape index (κ1) is 14.6. The number of ether oxygens (including phenoxy) is 1. The van der Waals surface area contributed by atoms with Gasteiger partial charge in [-0.25, -0.2) is 4.39 Å². The summed E-state index contributed by atoms with van der Waals surface area (Å²) in [5, 5.41) is 0. The lowest BCUT2D eigenvalue weighted by Crippen LogP contribution is -2.29. The van der Waals surface area contributed by atoms with E-state index in [0.29, 0.717) is 13.1 Å². The first-order valence-corrected chi connectivity index (χ1v) is 5.95. The smallest absolute Gasteiger partial charge is 0.309 e. The maximum atomic E-state index is 13.0. The Kier molecular flexibility index (Phi) is 5.28. The van der Waals surface area contributed by atoms with Crippen LogP contribution in [0.5, 0.6) is 0 Å². The topological polar surface area (TPSA) is 29.5 Å². The molecular formula is C14H20FNO2. The summed E-state index contributed by atoms with van der Waals surface area (Å²) >= 11 is 0. The molecule has 100 valence electrons. The molecule has 1 unspecified atom stereocenters. The van der Waals surface area contributed by atoms with Crippen LogP contribution in [-0.2, 0) is 16.1 Å². The van der Waals surface area contributed by atoms with Crippen molar-refractivity contribution in [1.82, 2.24) is 4.90 Å². The summed E-state index contributed by atoms with van der Waals surface area (Å²) < 4.78 is 17.7. The van der Waals surface area contributed by atoms with Crippen molar-refractivity contribution in [3.05, 3.63) is 35.1 Å². The highest BCUT2D eigenvalue weighted by Crippen LogP contribution is 2.13. The van der Waals surface area contributed by atoms with Crippen molar-refractivity contribution in [2.75, 3.05) is 20.7 Å². The van der Waals surface area contributed by atoms with E-state index < -0.39 is 0 Å². The number of rotatable bonds is 5. The maximum Gasteiger partial charge on any atom is 0.309 e. The molecule has 0 N–H and O–H groups in total. The summed E-state index contributed by atoms with van der Waals surface area (Å²) in [6, 6.07) is 4.76. The number of hydrogen-bond acceptors (Lipinski definition) is 3. The van der Waals surface area contributed by atoms with Gasteiger partial charge in [-0.05, 0) is 37.2 Å². The van der Waals surface area contributed by atoms with Gasteiger partial charge in [0.05, 0.1) is 13.0 Å². The normalized spacial score (nSPS) is 12.6. The number of esters is 1. The van der Waals surface area contributed by atoms with Crippen LogP contribution in [0.2, 0.25) is 0 Å². The van der Waals surface area contributed by atoms with E-state index in [-0.39, 0.29) is 17.7 Å². The van der Waals surface area contributed by atoms with Crippen LogP contribution in [0, 0.1) is 18.7 Å². The Morgan fingerprint density at radius 2 is 2.17 bits per heavy atom. The molecular weight excluding hydrogens is 233 g/mol. The number of methoxy groups -OCH3 is 1. The van der Waals surface area contributed by atoms with Gasteiger partial charge in [0.15, 0.2) is 0 Å². The minimum absolute atomic E-state index is 0.166. The monoisotopic (exact) mass is 253 g/mol. The van der Waals surface area contributed by atoms with Crippen LogP contribution in [-0.4, -0.2) is 31.6 Å². The van der Waals surface area contributed by atoms with E-state index in [1.807, 2.05) is 25.8 Å². The third kappa shape index (κ3) is 4.11. The second-order valence-electron chi connectivity index (χ2n) is 4.69. The molecule has 0 fully saturated rings. The molecule has 1 rings (SSSR count). The molecule has 4 heteroatoms. The molecule has 18 heavy (non-hydrogen) atoms. The lowest BCUT2D eigenvalue weighted by molar-refractivity contribution is -0.145. The molecule has 0 bridgehead atoms. The number of hydrogen-bond donors (Lipinski definition) is 0. The van der Waals surface area contributed by atoms with Crippen LogP contribution in [0.3, 0.4) is 0 Å². The zero-order valence-electron chi connectivity index (χ0n) is 11.4. The number of carbonyl (C=O) groups is 1. The van der Waals surface area contributed by atoms with E-state index in [4.69, 9.17) is 0 Å². The zero-order chi connectivity index (χ0) is 13.7. The Hall–Kier alpha value is -1.42. The van der Waals surface area contributed by atoms with E-state index in [9.17, 15) is 9.18 Å². The largest absolute Gasteiger partial charge is 0.469 e. The van der Waals surface area contributed by atoms with Crippen molar-refractivity contribution in [1.29, 1.82) is 0 Å². The van der Waals surface area contributed by atoms with Crippen molar-refractivity contribution in [3.63, 3.8) is 0 Å². The average molecular weight is 253 g/mol. The van der Waals surface area contributed by atoms with Gasteiger partial charge in [0, 0.05) is 13.1 Å². The summed E-state index contributed by atoms with van der Waals surface area (Å²) in [7, 11) is 3.32. The maximum absolute atomic E-state index is 13.0. The Bertz CT molecular complexity index is 420. The van der Waals surface area contributed by atoms with Crippen molar-refractivity contribution in [2.45, 2.75) is 20.4 Å². The van der Waals surface area contributed by atoms with Gasteiger partial charge in [0.25, 0.3) is 0 Å². The molecule has 0 aliphatic heterocycles. The van der Waals surface area contributed by atoms with Crippen LogP contribution in [0.1, 0.15) is 18.1 Å². The van der Waals surface area contributed by atoms with Crippen molar-refractivity contribution >= 4 is 5.97 Å². The van der Waals surface area contributed by atoms with Gasteiger partial charge in [-0.15, -0.1) is 0 Å². The summed E-state index contributed by atoms with van der Waals surface area (Å²) in [5.41, 5.74) is 1.99. The fourth-order valence-corrected chi connectivity index (χ4v) is 1.94. The van der Waals surface area contributed by atoms with Gasteiger partial charge >= 0.3 is 5.97 Å². The van der Waals surface area contributed by atoms with Crippen molar-refractivity contribution in [3.8, 4) is 0 Å². The number of benzene rings is 1. The Labute approximate surface area is 108 Å². The third-order valence-electron chi connectivity index (χ3n) is 2.93. The molecule has 0 saturated heterocycles. The van der Waals surface area contributed by atoms with Crippen molar-refractivity contribution in [2.24, 2.45) is 5.92 Å². The Balaban J connectivity index is 2.59. The highest BCUT2D eigenvalue weighted by atomic mass is 19.1.